The summed E-state index contributed by atoms with van der Waals surface area (Å²) in [5, 5.41) is 9.41. The van der Waals surface area contributed by atoms with Gasteiger partial charge < -0.3 is 9.51 Å². The van der Waals surface area contributed by atoms with Crippen LogP contribution < -0.4 is 0 Å². The van der Waals surface area contributed by atoms with E-state index in [1.807, 2.05) is 47.1 Å². The van der Waals surface area contributed by atoms with Gasteiger partial charge in [-0.05, 0) is 29.8 Å². The molecule has 0 saturated carbocycles. The van der Waals surface area contributed by atoms with Crippen LogP contribution in [0.2, 0.25) is 0 Å². The summed E-state index contributed by atoms with van der Waals surface area (Å²) in [7, 11) is 0. The maximum atomic E-state index is 9.41. The smallest absolute Gasteiger partial charge is 0.136 e. The number of hydrogen-bond donors (Lipinski definition) is 1. The van der Waals surface area contributed by atoms with Crippen LogP contribution in [0.3, 0.4) is 0 Å². The zero-order valence-electron chi connectivity index (χ0n) is 9.24. The lowest BCUT2D eigenvalue weighted by Crippen LogP contribution is -1.87. The highest BCUT2D eigenvalue weighted by Gasteiger charge is 2.02. The van der Waals surface area contributed by atoms with E-state index in [4.69, 9.17) is 0 Å². The van der Waals surface area contributed by atoms with Crippen molar-refractivity contribution in [2.45, 2.75) is 6.42 Å². The molecule has 17 heavy (non-hydrogen) atoms. The first-order chi connectivity index (χ1) is 8.31. The molecule has 0 atom stereocenters. The number of hydrogen-bond acceptors (Lipinski definition) is 2. The summed E-state index contributed by atoms with van der Waals surface area (Å²) in [5.41, 5.74) is 3.01. The number of pyridine rings is 1. The Morgan fingerprint density at radius 1 is 1.12 bits per heavy atom. The third kappa shape index (κ3) is 1.99. The zero-order valence-corrected chi connectivity index (χ0v) is 9.24. The molecule has 0 aliphatic rings. The Morgan fingerprint density at radius 2 is 2.06 bits per heavy atom. The van der Waals surface area contributed by atoms with Gasteiger partial charge >= 0.3 is 0 Å². The lowest BCUT2D eigenvalue weighted by atomic mass is 10.1. The summed E-state index contributed by atoms with van der Waals surface area (Å²) in [5.74, 6) is 0.297. The third-order valence-electron chi connectivity index (χ3n) is 2.71. The number of nitrogens with zero attached hydrogens (tertiary/aromatic N) is 2. The predicted molar refractivity (Wildman–Crippen MR) is 66.1 cm³/mol. The summed E-state index contributed by atoms with van der Waals surface area (Å²) < 4.78 is 2.00. The molecule has 0 aliphatic heterocycles. The number of benzene rings is 1. The van der Waals surface area contributed by atoms with E-state index in [1.54, 1.807) is 12.1 Å². The lowest BCUT2D eigenvalue weighted by Gasteiger charge is -1.98. The van der Waals surface area contributed by atoms with E-state index in [0.29, 0.717) is 5.75 Å². The number of phenolic OH excluding ortho intramolecular Hbond substituents is 1. The normalized spacial score (nSPS) is 10.8. The molecule has 2 aromatic heterocycles. The van der Waals surface area contributed by atoms with Gasteiger partial charge in [-0.2, -0.15) is 0 Å². The van der Waals surface area contributed by atoms with Crippen molar-refractivity contribution in [3.8, 4) is 5.75 Å². The number of aromatic hydroxyl groups is 1. The first-order valence-electron chi connectivity index (χ1n) is 5.52. The molecule has 0 saturated heterocycles. The van der Waals surface area contributed by atoms with Crippen LogP contribution in [0.15, 0.2) is 54.9 Å². The van der Waals surface area contributed by atoms with Crippen LogP contribution in [0.25, 0.3) is 5.65 Å². The second kappa shape index (κ2) is 3.94. The van der Waals surface area contributed by atoms with Gasteiger partial charge in [0.25, 0.3) is 0 Å². The van der Waals surface area contributed by atoms with Crippen LogP contribution in [0.1, 0.15) is 11.3 Å². The van der Waals surface area contributed by atoms with Crippen molar-refractivity contribution < 1.29 is 5.11 Å². The van der Waals surface area contributed by atoms with Gasteiger partial charge in [0, 0.05) is 18.8 Å². The van der Waals surface area contributed by atoms with Gasteiger partial charge in [0.05, 0.1) is 5.69 Å². The fourth-order valence-corrected chi connectivity index (χ4v) is 1.95. The Kier molecular flexibility index (Phi) is 2.29. The molecule has 0 aliphatic carbocycles. The monoisotopic (exact) mass is 224 g/mol. The van der Waals surface area contributed by atoms with Crippen LogP contribution in [-0.4, -0.2) is 14.5 Å². The third-order valence-corrected chi connectivity index (χ3v) is 2.71. The molecule has 0 fully saturated rings. The predicted octanol–water partition coefficient (Wildman–Crippen LogP) is 2.63. The highest BCUT2D eigenvalue weighted by atomic mass is 16.3. The van der Waals surface area contributed by atoms with Crippen molar-refractivity contribution in [2.75, 3.05) is 0 Å². The van der Waals surface area contributed by atoms with Crippen LogP contribution in [0.5, 0.6) is 5.75 Å². The van der Waals surface area contributed by atoms with E-state index in [-0.39, 0.29) is 0 Å². The molecule has 3 aromatic rings. The van der Waals surface area contributed by atoms with Crippen molar-refractivity contribution in [3.63, 3.8) is 0 Å². The topological polar surface area (TPSA) is 37.5 Å². The molecule has 3 rings (SSSR count). The second-order valence-corrected chi connectivity index (χ2v) is 4.05. The number of fused-ring (bicyclic) bond motifs is 1. The molecule has 3 heteroatoms. The maximum absolute atomic E-state index is 9.41. The van der Waals surface area contributed by atoms with Gasteiger partial charge in [-0.15, -0.1) is 0 Å². The molecule has 1 aromatic carbocycles. The molecule has 3 nitrogen and oxygen atoms in total. The van der Waals surface area contributed by atoms with Gasteiger partial charge in [0.15, 0.2) is 0 Å². The molecule has 0 spiro atoms. The minimum Gasteiger partial charge on any atom is -0.508 e. The van der Waals surface area contributed by atoms with E-state index in [9.17, 15) is 5.11 Å². The zero-order chi connectivity index (χ0) is 11.7. The van der Waals surface area contributed by atoms with Crippen molar-refractivity contribution in [3.05, 3.63) is 66.1 Å². The molecule has 84 valence electrons. The van der Waals surface area contributed by atoms with E-state index in [2.05, 4.69) is 4.98 Å². The molecule has 1 N–H and O–H groups in total. The largest absolute Gasteiger partial charge is 0.508 e. The van der Waals surface area contributed by atoms with Crippen LogP contribution in [0, 0.1) is 0 Å². The quantitative estimate of drug-likeness (QED) is 0.726. The SMILES string of the molecule is Oc1cccc(Cc2cn3ccccc3n2)c1. The van der Waals surface area contributed by atoms with Gasteiger partial charge in [0.2, 0.25) is 0 Å². The van der Waals surface area contributed by atoms with E-state index in [1.165, 1.54) is 0 Å². The Balaban J connectivity index is 1.94. The first-order valence-corrected chi connectivity index (χ1v) is 5.52. The van der Waals surface area contributed by atoms with Gasteiger partial charge in [-0.25, -0.2) is 4.98 Å². The number of rotatable bonds is 2. The molecule has 2 heterocycles. The molecular weight excluding hydrogens is 212 g/mol. The molecule has 0 bridgehead atoms. The van der Waals surface area contributed by atoms with Crippen LogP contribution in [0.4, 0.5) is 0 Å². The summed E-state index contributed by atoms with van der Waals surface area (Å²) >= 11 is 0. The Hall–Kier alpha value is -2.29. The highest BCUT2D eigenvalue weighted by Crippen LogP contribution is 2.15. The summed E-state index contributed by atoms with van der Waals surface area (Å²) in [6, 6.07) is 13.2. The van der Waals surface area contributed by atoms with Gasteiger partial charge in [-0.3, -0.25) is 0 Å². The molecule has 0 radical (unpaired) electrons. The number of phenols is 1. The molecule has 0 unspecified atom stereocenters. The minimum atomic E-state index is 0.297. The second-order valence-electron chi connectivity index (χ2n) is 4.05. The summed E-state index contributed by atoms with van der Waals surface area (Å²) in [4.78, 5) is 4.52. The van der Waals surface area contributed by atoms with E-state index < -0.39 is 0 Å². The van der Waals surface area contributed by atoms with Crippen molar-refractivity contribution in [2.24, 2.45) is 0 Å². The minimum absolute atomic E-state index is 0.297. The fraction of sp³-hybridized carbons (Fsp3) is 0.0714. The number of imidazole rings is 1. The average molecular weight is 224 g/mol. The summed E-state index contributed by atoms with van der Waals surface area (Å²) in [6.45, 7) is 0. The van der Waals surface area contributed by atoms with Crippen molar-refractivity contribution in [1.29, 1.82) is 0 Å². The maximum Gasteiger partial charge on any atom is 0.136 e. The average Bonchev–Trinajstić information content (AvgIpc) is 2.71. The van der Waals surface area contributed by atoms with E-state index in [0.717, 1.165) is 23.3 Å². The number of aromatic nitrogens is 2. The summed E-state index contributed by atoms with van der Waals surface area (Å²) in [6.07, 6.45) is 4.73. The fourth-order valence-electron chi connectivity index (χ4n) is 1.95. The first kappa shape index (κ1) is 9.90. The lowest BCUT2D eigenvalue weighted by molar-refractivity contribution is 0.474. The highest BCUT2D eigenvalue weighted by molar-refractivity contribution is 5.40. The Morgan fingerprint density at radius 3 is 2.88 bits per heavy atom. The van der Waals surface area contributed by atoms with Crippen molar-refractivity contribution in [1.82, 2.24) is 9.38 Å². The van der Waals surface area contributed by atoms with E-state index >= 15 is 0 Å². The van der Waals surface area contributed by atoms with Crippen molar-refractivity contribution >= 4 is 5.65 Å². The van der Waals surface area contributed by atoms with Crippen LogP contribution in [-0.2, 0) is 6.42 Å². The standard InChI is InChI=1S/C14H12N2O/c17-13-5-3-4-11(9-13)8-12-10-16-7-2-1-6-14(16)15-12/h1-7,9-10,17H,8H2. The van der Waals surface area contributed by atoms with Crippen LogP contribution >= 0.6 is 0 Å². The molecular formula is C14H12N2O. The molecule has 0 amide bonds. The van der Waals surface area contributed by atoms with Gasteiger partial charge in [-0.1, -0.05) is 18.2 Å². The Labute approximate surface area is 99.0 Å². The van der Waals surface area contributed by atoms with Gasteiger partial charge in [0.1, 0.15) is 11.4 Å². The Bertz CT molecular complexity index is 625.